The molecule has 2 aliphatic heterocycles. The summed E-state index contributed by atoms with van der Waals surface area (Å²) in [7, 11) is 0. The molecule has 1 atom stereocenters. The van der Waals surface area contributed by atoms with Crippen molar-refractivity contribution < 1.29 is 0 Å². The van der Waals surface area contributed by atoms with Gasteiger partial charge in [0.15, 0.2) is 5.96 Å². The second-order valence-electron chi connectivity index (χ2n) is 5.19. The molecule has 2 heterocycles. The van der Waals surface area contributed by atoms with Gasteiger partial charge in [0.2, 0.25) is 0 Å². The highest BCUT2D eigenvalue weighted by molar-refractivity contribution is 5.81. The number of rotatable bonds is 3. The van der Waals surface area contributed by atoms with Gasteiger partial charge in [0.25, 0.3) is 0 Å². The molecular formula is C12H24N4. The van der Waals surface area contributed by atoms with Gasteiger partial charge in [-0.15, -0.1) is 0 Å². The number of hydrogen-bond acceptors (Lipinski definition) is 4. The molecule has 4 nitrogen and oxygen atoms in total. The molecule has 0 radical (unpaired) electrons. The van der Waals surface area contributed by atoms with Crippen molar-refractivity contribution in [2.24, 2.45) is 10.9 Å². The lowest BCUT2D eigenvalue weighted by molar-refractivity contribution is 0.195. The number of aliphatic imine (C=N–C) groups is 1. The highest BCUT2D eigenvalue weighted by atomic mass is 15.2. The zero-order chi connectivity index (χ0) is 11.4. The second kappa shape index (κ2) is 5.53. The van der Waals surface area contributed by atoms with Crippen LogP contribution in [-0.2, 0) is 0 Å². The highest BCUT2D eigenvalue weighted by Gasteiger charge is 2.16. The summed E-state index contributed by atoms with van der Waals surface area (Å²) in [4.78, 5) is 6.93. The van der Waals surface area contributed by atoms with Crippen LogP contribution in [0.5, 0.6) is 0 Å². The van der Waals surface area contributed by atoms with Crippen LogP contribution in [0.1, 0.15) is 26.7 Å². The van der Waals surface area contributed by atoms with E-state index in [9.17, 15) is 0 Å². The van der Waals surface area contributed by atoms with Crippen molar-refractivity contribution in [3.8, 4) is 0 Å². The molecule has 2 aliphatic rings. The summed E-state index contributed by atoms with van der Waals surface area (Å²) in [6.07, 6.45) is 2.71. The topological polar surface area (TPSA) is 39.7 Å². The third-order valence-corrected chi connectivity index (χ3v) is 3.50. The maximum absolute atomic E-state index is 4.39. The van der Waals surface area contributed by atoms with Crippen LogP contribution < -0.4 is 10.6 Å². The quantitative estimate of drug-likeness (QED) is 0.739. The lowest BCUT2D eigenvalue weighted by atomic mass is 9.99. The van der Waals surface area contributed by atoms with E-state index in [0.29, 0.717) is 6.04 Å². The fourth-order valence-corrected chi connectivity index (χ4v) is 2.28. The molecule has 0 bridgehead atoms. The molecule has 0 spiro atoms. The molecule has 2 N–H and O–H groups in total. The lowest BCUT2D eigenvalue weighted by Gasteiger charge is -2.30. The van der Waals surface area contributed by atoms with E-state index in [1.54, 1.807) is 0 Å². The number of likely N-dealkylation sites (tertiary alicyclic amines) is 1. The lowest BCUT2D eigenvalue weighted by Crippen LogP contribution is -2.43. The molecule has 0 aromatic heterocycles. The van der Waals surface area contributed by atoms with Gasteiger partial charge in [-0.25, -0.2) is 0 Å². The molecule has 0 aliphatic carbocycles. The first-order chi connectivity index (χ1) is 7.74. The van der Waals surface area contributed by atoms with E-state index >= 15 is 0 Å². The summed E-state index contributed by atoms with van der Waals surface area (Å²) in [5.74, 6) is 1.91. The fraction of sp³-hybridized carbons (Fsp3) is 0.917. The fourth-order valence-electron chi connectivity index (χ4n) is 2.28. The minimum absolute atomic E-state index is 0.498. The van der Waals surface area contributed by atoms with Crippen molar-refractivity contribution >= 4 is 5.96 Å². The summed E-state index contributed by atoms with van der Waals surface area (Å²) in [5, 5.41) is 6.69. The van der Waals surface area contributed by atoms with E-state index in [1.807, 2.05) is 0 Å². The van der Waals surface area contributed by atoms with Crippen LogP contribution >= 0.6 is 0 Å². The van der Waals surface area contributed by atoms with Crippen molar-refractivity contribution in [1.82, 2.24) is 15.5 Å². The van der Waals surface area contributed by atoms with Crippen molar-refractivity contribution in [3.63, 3.8) is 0 Å². The molecule has 0 saturated carbocycles. The van der Waals surface area contributed by atoms with Crippen LogP contribution in [0, 0.1) is 5.92 Å². The van der Waals surface area contributed by atoms with Crippen LogP contribution in [0.2, 0.25) is 0 Å². The van der Waals surface area contributed by atoms with Crippen LogP contribution in [0.15, 0.2) is 4.99 Å². The van der Waals surface area contributed by atoms with E-state index in [0.717, 1.165) is 31.5 Å². The third kappa shape index (κ3) is 3.37. The minimum Gasteiger partial charge on any atom is -0.355 e. The first-order valence-electron chi connectivity index (χ1n) is 6.51. The van der Waals surface area contributed by atoms with Crippen molar-refractivity contribution in [3.05, 3.63) is 0 Å². The molecule has 92 valence electrons. The first kappa shape index (κ1) is 11.7. The SMILES string of the molecule is CC1CCN(CCNC2=NCC(C)N2)CC1. The molecule has 1 fully saturated rings. The molecule has 2 rings (SSSR count). The summed E-state index contributed by atoms with van der Waals surface area (Å²) >= 11 is 0. The van der Waals surface area contributed by atoms with E-state index < -0.39 is 0 Å². The highest BCUT2D eigenvalue weighted by Crippen LogP contribution is 2.14. The smallest absolute Gasteiger partial charge is 0.191 e. The van der Waals surface area contributed by atoms with E-state index in [1.165, 1.54) is 25.9 Å². The van der Waals surface area contributed by atoms with Gasteiger partial charge < -0.3 is 15.5 Å². The Hall–Kier alpha value is -0.770. The number of hydrogen-bond donors (Lipinski definition) is 2. The summed E-state index contributed by atoms with van der Waals surface area (Å²) < 4.78 is 0. The largest absolute Gasteiger partial charge is 0.355 e. The molecule has 1 saturated heterocycles. The van der Waals surface area contributed by atoms with Crippen LogP contribution in [0.4, 0.5) is 0 Å². The molecule has 4 heteroatoms. The Balaban J connectivity index is 1.58. The Kier molecular flexibility index (Phi) is 4.04. The number of nitrogens with one attached hydrogen (secondary N) is 2. The molecule has 0 aromatic carbocycles. The van der Waals surface area contributed by atoms with Crippen LogP contribution in [0.3, 0.4) is 0 Å². The zero-order valence-electron chi connectivity index (χ0n) is 10.5. The van der Waals surface area contributed by atoms with Gasteiger partial charge in [-0.05, 0) is 38.8 Å². The average Bonchev–Trinajstić information content (AvgIpc) is 2.67. The minimum atomic E-state index is 0.498. The summed E-state index contributed by atoms with van der Waals surface area (Å²) in [6.45, 7) is 10.1. The van der Waals surface area contributed by atoms with E-state index in [2.05, 4.69) is 34.4 Å². The van der Waals surface area contributed by atoms with Crippen molar-refractivity contribution in [2.75, 3.05) is 32.7 Å². The number of piperidine rings is 1. The van der Waals surface area contributed by atoms with Gasteiger partial charge in [0, 0.05) is 19.1 Å². The maximum Gasteiger partial charge on any atom is 0.191 e. The number of nitrogens with zero attached hydrogens (tertiary/aromatic N) is 2. The van der Waals surface area contributed by atoms with Crippen LogP contribution in [-0.4, -0.2) is 49.6 Å². The third-order valence-electron chi connectivity index (χ3n) is 3.50. The van der Waals surface area contributed by atoms with Crippen LogP contribution in [0.25, 0.3) is 0 Å². The van der Waals surface area contributed by atoms with Crippen molar-refractivity contribution in [2.45, 2.75) is 32.7 Å². The Morgan fingerprint density at radius 3 is 2.75 bits per heavy atom. The predicted octanol–water partition coefficient (Wildman–Crippen LogP) is 0.656. The molecule has 0 amide bonds. The van der Waals surface area contributed by atoms with Gasteiger partial charge in [0.1, 0.15) is 0 Å². The maximum atomic E-state index is 4.39. The standard InChI is InChI=1S/C12H24N4/c1-10-3-6-16(7-4-10)8-5-13-12-14-9-11(2)15-12/h10-11H,3-9H2,1-2H3,(H2,13,14,15). The monoisotopic (exact) mass is 224 g/mol. The Morgan fingerprint density at radius 2 is 2.12 bits per heavy atom. The van der Waals surface area contributed by atoms with Crippen molar-refractivity contribution in [1.29, 1.82) is 0 Å². The summed E-state index contributed by atoms with van der Waals surface area (Å²) in [6, 6.07) is 0.498. The van der Waals surface area contributed by atoms with Gasteiger partial charge in [-0.2, -0.15) is 0 Å². The zero-order valence-corrected chi connectivity index (χ0v) is 10.5. The molecule has 1 unspecified atom stereocenters. The predicted molar refractivity (Wildman–Crippen MR) is 67.7 cm³/mol. The average molecular weight is 224 g/mol. The molecule has 0 aromatic rings. The summed E-state index contributed by atoms with van der Waals surface area (Å²) in [5.41, 5.74) is 0. The van der Waals surface area contributed by atoms with Gasteiger partial charge in [-0.1, -0.05) is 6.92 Å². The first-order valence-corrected chi connectivity index (χ1v) is 6.51. The molecule has 16 heavy (non-hydrogen) atoms. The van der Waals surface area contributed by atoms with Gasteiger partial charge >= 0.3 is 0 Å². The number of guanidine groups is 1. The van der Waals surface area contributed by atoms with Gasteiger partial charge in [0.05, 0.1) is 6.54 Å². The van der Waals surface area contributed by atoms with E-state index in [-0.39, 0.29) is 0 Å². The molecular weight excluding hydrogens is 200 g/mol. The Bertz CT molecular complexity index is 243. The van der Waals surface area contributed by atoms with E-state index in [4.69, 9.17) is 0 Å². The Morgan fingerprint density at radius 1 is 1.38 bits per heavy atom. The Labute approximate surface area is 98.5 Å². The second-order valence-corrected chi connectivity index (χ2v) is 5.19. The normalized spacial score (nSPS) is 27.6. The van der Waals surface area contributed by atoms with Gasteiger partial charge in [-0.3, -0.25) is 4.99 Å².